The van der Waals surface area contributed by atoms with Crippen LogP contribution < -0.4 is 10.5 Å². The summed E-state index contributed by atoms with van der Waals surface area (Å²) in [5, 5.41) is 0.671. The van der Waals surface area contributed by atoms with Gasteiger partial charge in [0.05, 0.1) is 12.2 Å². The molecule has 0 radical (unpaired) electrons. The number of nitrogen functional groups attached to an aromatic ring is 1. The highest BCUT2D eigenvalue weighted by Gasteiger charge is 2.23. The topological polar surface area (TPSA) is 68.7 Å². The Hall–Kier alpha value is -2.86. The number of carbonyl (C=O) groups is 1. The molecular weight excluding hydrogens is 419 g/mol. The first-order valence-electron chi connectivity index (χ1n) is 12.1. The van der Waals surface area contributed by atoms with E-state index in [1.807, 2.05) is 0 Å². The number of piperidine rings is 1. The van der Waals surface area contributed by atoms with Crippen LogP contribution in [0.1, 0.15) is 67.1 Å². The Morgan fingerprint density at radius 2 is 1.94 bits per heavy atom. The van der Waals surface area contributed by atoms with Gasteiger partial charge in [0.25, 0.3) is 0 Å². The standard InChI is InChI=1S/C27H33FN2O3/c1-2-3-8-25-26(21-18-20(29)10-12-23(21)33-25)27(31)19-9-11-24(22(28)17-19)32-16-7-15-30-13-5-4-6-14-30/h9-12,17-18H,2-8,13-16,29H2,1H3. The Kier molecular flexibility index (Phi) is 7.65. The van der Waals surface area contributed by atoms with Crippen LogP contribution in [0.25, 0.3) is 11.0 Å². The molecule has 1 aliphatic heterocycles. The fourth-order valence-corrected chi connectivity index (χ4v) is 4.48. The number of anilines is 1. The second-order valence-corrected chi connectivity index (χ2v) is 8.84. The number of furan rings is 1. The van der Waals surface area contributed by atoms with Crippen LogP contribution in [0, 0.1) is 5.82 Å². The molecule has 1 aromatic heterocycles. The third-order valence-corrected chi connectivity index (χ3v) is 6.29. The van der Waals surface area contributed by atoms with Gasteiger partial charge in [0, 0.05) is 29.6 Å². The smallest absolute Gasteiger partial charge is 0.197 e. The number of unbranched alkanes of at least 4 members (excludes halogenated alkanes) is 1. The van der Waals surface area contributed by atoms with Crippen molar-refractivity contribution in [2.75, 3.05) is 32.0 Å². The lowest BCUT2D eigenvalue weighted by Crippen LogP contribution is -2.31. The summed E-state index contributed by atoms with van der Waals surface area (Å²) >= 11 is 0. The van der Waals surface area contributed by atoms with Crippen LogP contribution >= 0.6 is 0 Å². The number of hydrogen-bond donors (Lipinski definition) is 1. The number of hydrogen-bond acceptors (Lipinski definition) is 5. The first-order valence-corrected chi connectivity index (χ1v) is 12.1. The molecule has 2 aromatic carbocycles. The maximum atomic E-state index is 14.8. The van der Waals surface area contributed by atoms with Gasteiger partial charge < -0.3 is 19.8 Å². The van der Waals surface area contributed by atoms with E-state index < -0.39 is 5.82 Å². The minimum Gasteiger partial charge on any atom is -0.490 e. The molecular formula is C27H33FN2O3. The predicted molar refractivity (Wildman–Crippen MR) is 129 cm³/mol. The summed E-state index contributed by atoms with van der Waals surface area (Å²) in [6.07, 6.45) is 7.19. The van der Waals surface area contributed by atoms with Crippen molar-refractivity contribution in [3.63, 3.8) is 0 Å². The highest BCUT2D eigenvalue weighted by Crippen LogP contribution is 2.31. The number of likely N-dealkylation sites (tertiary alicyclic amines) is 1. The van der Waals surface area contributed by atoms with Crippen molar-refractivity contribution in [3.05, 3.63) is 59.1 Å². The molecule has 4 rings (SSSR count). The first kappa shape index (κ1) is 23.3. The zero-order valence-corrected chi connectivity index (χ0v) is 19.4. The fraction of sp³-hybridized carbons (Fsp3) is 0.444. The number of nitrogens with zero attached hydrogens (tertiary/aromatic N) is 1. The number of halogens is 1. The molecule has 33 heavy (non-hydrogen) atoms. The average Bonchev–Trinajstić information content (AvgIpc) is 3.18. The lowest BCUT2D eigenvalue weighted by atomic mass is 9.98. The molecule has 0 atom stereocenters. The molecule has 176 valence electrons. The lowest BCUT2D eigenvalue weighted by molar-refractivity contribution is 0.103. The molecule has 5 nitrogen and oxygen atoms in total. The van der Waals surface area contributed by atoms with Crippen LogP contribution in [0.3, 0.4) is 0 Å². The van der Waals surface area contributed by atoms with E-state index in [2.05, 4.69) is 11.8 Å². The number of carbonyl (C=O) groups excluding carboxylic acids is 1. The van der Waals surface area contributed by atoms with Crippen molar-refractivity contribution in [2.45, 2.75) is 51.9 Å². The number of nitrogens with two attached hydrogens (primary N) is 1. The number of benzene rings is 2. The van der Waals surface area contributed by atoms with Crippen LogP contribution in [0.4, 0.5) is 10.1 Å². The Balaban J connectivity index is 1.47. The van der Waals surface area contributed by atoms with Gasteiger partial charge in [-0.1, -0.05) is 19.8 Å². The summed E-state index contributed by atoms with van der Waals surface area (Å²) in [5.74, 6) is 0.0147. The van der Waals surface area contributed by atoms with Gasteiger partial charge in [-0.05, 0) is 75.2 Å². The molecule has 0 saturated carbocycles. The van der Waals surface area contributed by atoms with Gasteiger partial charge >= 0.3 is 0 Å². The van der Waals surface area contributed by atoms with Crippen LogP contribution in [0.15, 0.2) is 40.8 Å². The van der Waals surface area contributed by atoms with E-state index in [-0.39, 0.29) is 17.1 Å². The highest BCUT2D eigenvalue weighted by molar-refractivity contribution is 6.17. The Bertz CT molecular complexity index is 1100. The van der Waals surface area contributed by atoms with Gasteiger partial charge in [0.2, 0.25) is 0 Å². The number of ether oxygens (including phenoxy) is 1. The van der Waals surface area contributed by atoms with E-state index in [4.69, 9.17) is 14.9 Å². The zero-order valence-electron chi connectivity index (χ0n) is 19.4. The van der Waals surface area contributed by atoms with Gasteiger partial charge in [-0.25, -0.2) is 4.39 Å². The summed E-state index contributed by atoms with van der Waals surface area (Å²) in [5.41, 5.74) is 7.88. The maximum Gasteiger partial charge on any atom is 0.197 e. The molecule has 1 saturated heterocycles. The van der Waals surface area contributed by atoms with Crippen LogP contribution in [-0.4, -0.2) is 36.9 Å². The zero-order chi connectivity index (χ0) is 23.2. The third-order valence-electron chi connectivity index (χ3n) is 6.29. The van der Waals surface area contributed by atoms with Crippen molar-refractivity contribution < 1.29 is 18.3 Å². The maximum absolute atomic E-state index is 14.8. The quantitative estimate of drug-likeness (QED) is 0.233. The Labute approximate surface area is 194 Å². The third kappa shape index (κ3) is 5.56. The van der Waals surface area contributed by atoms with E-state index in [1.54, 1.807) is 30.3 Å². The number of aryl methyl sites for hydroxylation is 1. The molecule has 0 spiro atoms. The summed E-state index contributed by atoms with van der Waals surface area (Å²) in [7, 11) is 0. The number of ketones is 1. The minimum absolute atomic E-state index is 0.178. The molecule has 2 N–H and O–H groups in total. The Morgan fingerprint density at radius 1 is 1.12 bits per heavy atom. The van der Waals surface area contributed by atoms with Crippen LogP contribution in [0.5, 0.6) is 5.75 Å². The van der Waals surface area contributed by atoms with E-state index in [0.29, 0.717) is 41.0 Å². The van der Waals surface area contributed by atoms with E-state index in [9.17, 15) is 9.18 Å². The normalized spacial score (nSPS) is 14.6. The number of fused-ring (bicyclic) bond motifs is 1. The van der Waals surface area contributed by atoms with Gasteiger partial charge in [-0.2, -0.15) is 0 Å². The van der Waals surface area contributed by atoms with Crippen molar-refractivity contribution in [3.8, 4) is 5.75 Å². The van der Waals surface area contributed by atoms with Gasteiger partial charge in [0.1, 0.15) is 11.3 Å². The second-order valence-electron chi connectivity index (χ2n) is 8.84. The molecule has 1 fully saturated rings. The largest absolute Gasteiger partial charge is 0.490 e. The first-order chi connectivity index (χ1) is 16.1. The highest BCUT2D eigenvalue weighted by atomic mass is 19.1. The molecule has 0 bridgehead atoms. The Morgan fingerprint density at radius 3 is 2.70 bits per heavy atom. The molecule has 6 heteroatoms. The minimum atomic E-state index is -0.527. The van der Waals surface area contributed by atoms with E-state index in [1.165, 1.54) is 25.3 Å². The van der Waals surface area contributed by atoms with Crippen molar-refractivity contribution in [1.29, 1.82) is 0 Å². The van der Waals surface area contributed by atoms with Crippen molar-refractivity contribution in [2.24, 2.45) is 0 Å². The second kappa shape index (κ2) is 10.8. The molecule has 1 aliphatic rings. The van der Waals surface area contributed by atoms with Crippen LogP contribution in [-0.2, 0) is 6.42 Å². The SMILES string of the molecule is CCCCc1oc2ccc(N)cc2c1C(=O)c1ccc(OCCCN2CCCCC2)c(F)c1. The van der Waals surface area contributed by atoms with E-state index >= 15 is 0 Å². The summed E-state index contributed by atoms with van der Waals surface area (Å²) < 4.78 is 26.4. The summed E-state index contributed by atoms with van der Waals surface area (Å²) in [6, 6.07) is 9.71. The van der Waals surface area contributed by atoms with Gasteiger partial charge in [0.15, 0.2) is 17.3 Å². The molecule has 3 aromatic rings. The van der Waals surface area contributed by atoms with E-state index in [0.717, 1.165) is 38.9 Å². The van der Waals surface area contributed by atoms with Crippen LogP contribution in [0.2, 0.25) is 0 Å². The van der Waals surface area contributed by atoms with Gasteiger partial charge in [-0.15, -0.1) is 0 Å². The molecule has 0 amide bonds. The molecule has 2 heterocycles. The summed E-state index contributed by atoms with van der Waals surface area (Å²) in [4.78, 5) is 15.8. The van der Waals surface area contributed by atoms with Crippen molar-refractivity contribution in [1.82, 2.24) is 4.90 Å². The molecule has 0 unspecified atom stereocenters. The average molecular weight is 453 g/mol. The monoisotopic (exact) mass is 452 g/mol. The summed E-state index contributed by atoms with van der Waals surface area (Å²) in [6.45, 7) is 5.78. The predicted octanol–water partition coefficient (Wildman–Crippen LogP) is 5.98. The molecule has 0 aliphatic carbocycles. The lowest BCUT2D eigenvalue weighted by Gasteiger charge is -2.26. The van der Waals surface area contributed by atoms with Crippen molar-refractivity contribution >= 4 is 22.4 Å². The fourth-order valence-electron chi connectivity index (χ4n) is 4.48. The number of rotatable bonds is 10. The van der Waals surface area contributed by atoms with Gasteiger partial charge in [-0.3, -0.25) is 4.79 Å².